The van der Waals surface area contributed by atoms with Crippen molar-refractivity contribution in [3.05, 3.63) is 56.0 Å². The third kappa shape index (κ3) is 4.22. The molecule has 0 radical (unpaired) electrons. The van der Waals surface area contributed by atoms with Crippen molar-refractivity contribution >= 4 is 45.1 Å². The van der Waals surface area contributed by atoms with E-state index < -0.39 is 0 Å². The third-order valence-corrected chi connectivity index (χ3v) is 5.19. The quantitative estimate of drug-likeness (QED) is 0.580. The lowest BCUT2D eigenvalue weighted by molar-refractivity contribution is -0.141. The van der Waals surface area contributed by atoms with E-state index in [9.17, 15) is 4.79 Å². The van der Waals surface area contributed by atoms with Crippen molar-refractivity contribution in [2.75, 3.05) is 13.7 Å². The first-order chi connectivity index (χ1) is 12.0. The molecule has 4 nitrogen and oxygen atoms in total. The first kappa shape index (κ1) is 18.4. The topological polar surface area (TPSA) is 44.8 Å². The van der Waals surface area contributed by atoms with Crippen molar-refractivity contribution < 1.29 is 19.0 Å². The van der Waals surface area contributed by atoms with Crippen LogP contribution in [0.3, 0.4) is 0 Å². The molecule has 0 aromatic heterocycles. The molecule has 1 atom stereocenters. The lowest BCUT2D eigenvalue weighted by atomic mass is 9.98. The van der Waals surface area contributed by atoms with Gasteiger partial charge in [-0.1, -0.05) is 29.3 Å². The lowest BCUT2D eigenvalue weighted by Crippen LogP contribution is -2.09. The summed E-state index contributed by atoms with van der Waals surface area (Å²) in [5, 5.41) is 1.14. The molecule has 132 valence electrons. The molecule has 0 amide bonds. The van der Waals surface area contributed by atoms with Crippen LogP contribution < -0.4 is 9.47 Å². The Morgan fingerprint density at radius 1 is 1.32 bits per heavy atom. The van der Waals surface area contributed by atoms with Gasteiger partial charge in [0.15, 0.2) is 0 Å². The van der Waals surface area contributed by atoms with Gasteiger partial charge in [-0.3, -0.25) is 4.79 Å². The number of esters is 1. The fourth-order valence-corrected chi connectivity index (χ4v) is 3.57. The molecule has 0 N–H and O–H groups in total. The SMILES string of the molecule is COC(=O)C[C@@H]1COc2cc(OCc3ccc(Cl)cc3Cl)c(Br)cc21. The lowest BCUT2D eigenvalue weighted by Gasteiger charge is -2.12. The van der Waals surface area contributed by atoms with E-state index in [2.05, 4.69) is 15.9 Å². The number of carbonyl (C=O) groups is 1. The maximum Gasteiger partial charge on any atom is 0.306 e. The van der Waals surface area contributed by atoms with Crippen molar-refractivity contribution in [2.45, 2.75) is 18.9 Å². The molecule has 1 aliphatic heterocycles. The van der Waals surface area contributed by atoms with Gasteiger partial charge in [-0.25, -0.2) is 0 Å². The second-order valence-corrected chi connectivity index (χ2v) is 7.33. The van der Waals surface area contributed by atoms with Gasteiger partial charge in [0.25, 0.3) is 0 Å². The number of halogens is 3. The molecule has 0 saturated heterocycles. The Balaban J connectivity index is 1.75. The molecule has 25 heavy (non-hydrogen) atoms. The minimum atomic E-state index is -0.254. The van der Waals surface area contributed by atoms with Gasteiger partial charge in [0.05, 0.1) is 24.6 Å². The van der Waals surface area contributed by atoms with Gasteiger partial charge in [0, 0.05) is 33.2 Å². The Morgan fingerprint density at radius 3 is 2.84 bits per heavy atom. The fourth-order valence-electron chi connectivity index (χ4n) is 2.63. The minimum absolute atomic E-state index is 0.0153. The third-order valence-electron chi connectivity index (χ3n) is 3.98. The van der Waals surface area contributed by atoms with Gasteiger partial charge in [-0.2, -0.15) is 0 Å². The average Bonchev–Trinajstić information content (AvgIpc) is 2.95. The molecule has 2 aromatic rings. The van der Waals surface area contributed by atoms with Gasteiger partial charge < -0.3 is 14.2 Å². The van der Waals surface area contributed by atoms with E-state index in [-0.39, 0.29) is 18.3 Å². The van der Waals surface area contributed by atoms with Crippen LogP contribution in [0.4, 0.5) is 0 Å². The van der Waals surface area contributed by atoms with Gasteiger partial charge in [-0.15, -0.1) is 0 Å². The van der Waals surface area contributed by atoms with Crippen molar-refractivity contribution in [2.24, 2.45) is 0 Å². The van der Waals surface area contributed by atoms with E-state index in [1.807, 2.05) is 18.2 Å². The normalized spacial score (nSPS) is 15.4. The van der Waals surface area contributed by atoms with E-state index >= 15 is 0 Å². The van der Waals surface area contributed by atoms with E-state index in [4.69, 9.17) is 37.4 Å². The average molecular weight is 446 g/mol. The minimum Gasteiger partial charge on any atom is -0.492 e. The van der Waals surface area contributed by atoms with Crippen molar-refractivity contribution in [1.29, 1.82) is 0 Å². The van der Waals surface area contributed by atoms with Crippen LogP contribution in [0.25, 0.3) is 0 Å². The van der Waals surface area contributed by atoms with Crippen LogP contribution in [0.1, 0.15) is 23.5 Å². The van der Waals surface area contributed by atoms with E-state index in [1.165, 1.54) is 7.11 Å². The maximum atomic E-state index is 11.5. The highest BCUT2D eigenvalue weighted by Gasteiger charge is 2.28. The molecule has 0 bridgehead atoms. The van der Waals surface area contributed by atoms with E-state index in [0.29, 0.717) is 34.8 Å². The van der Waals surface area contributed by atoms with E-state index in [0.717, 1.165) is 15.6 Å². The summed E-state index contributed by atoms with van der Waals surface area (Å²) in [6, 6.07) is 9.02. The predicted octanol–water partition coefficient (Wildman–Crippen LogP) is 5.37. The van der Waals surface area contributed by atoms with E-state index in [1.54, 1.807) is 12.1 Å². The summed E-state index contributed by atoms with van der Waals surface area (Å²) in [6.45, 7) is 0.752. The molecule has 0 spiro atoms. The summed E-state index contributed by atoms with van der Waals surface area (Å²) < 4.78 is 17.1. The molecule has 0 fully saturated rings. The molecule has 1 aliphatic rings. The summed E-state index contributed by atoms with van der Waals surface area (Å²) in [6.07, 6.45) is 0.288. The smallest absolute Gasteiger partial charge is 0.306 e. The zero-order valence-electron chi connectivity index (χ0n) is 13.4. The molecule has 2 aromatic carbocycles. The fraction of sp³-hybridized carbons (Fsp3) is 0.278. The summed E-state index contributed by atoms with van der Waals surface area (Å²) >= 11 is 15.6. The molecule has 0 aliphatic carbocycles. The molecular formula is C18H15BrCl2O4. The maximum absolute atomic E-state index is 11.5. The highest BCUT2D eigenvalue weighted by atomic mass is 79.9. The number of benzene rings is 2. The van der Waals surface area contributed by atoms with Crippen LogP contribution in [0.5, 0.6) is 11.5 Å². The molecule has 0 saturated carbocycles. The summed E-state index contributed by atoms with van der Waals surface area (Å²) in [4.78, 5) is 11.5. The van der Waals surface area contributed by atoms with Crippen molar-refractivity contribution in [3.8, 4) is 11.5 Å². The molecular weight excluding hydrogens is 431 g/mol. The number of fused-ring (bicyclic) bond motifs is 1. The first-order valence-electron chi connectivity index (χ1n) is 7.57. The van der Waals surface area contributed by atoms with Crippen LogP contribution >= 0.6 is 39.1 Å². The van der Waals surface area contributed by atoms with Gasteiger partial charge in [0.1, 0.15) is 18.1 Å². The molecule has 3 rings (SSSR count). The Hall–Kier alpha value is -1.43. The summed E-state index contributed by atoms with van der Waals surface area (Å²) in [5.74, 6) is 1.09. The number of methoxy groups -OCH3 is 1. The highest BCUT2D eigenvalue weighted by Crippen LogP contribution is 2.42. The van der Waals surface area contributed by atoms with Crippen LogP contribution in [0, 0.1) is 0 Å². The number of ether oxygens (including phenoxy) is 3. The van der Waals surface area contributed by atoms with Crippen molar-refractivity contribution in [3.63, 3.8) is 0 Å². The van der Waals surface area contributed by atoms with Gasteiger partial charge in [0.2, 0.25) is 0 Å². The Kier molecular flexibility index (Phi) is 5.77. The van der Waals surface area contributed by atoms with Crippen LogP contribution in [0.2, 0.25) is 10.0 Å². The number of hydrogen-bond acceptors (Lipinski definition) is 4. The van der Waals surface area contributed by atoms with Gasteiger partial charge >= 0.3 is 5.97 Å². The first-order valence-corrected chi connectivity index (χ1v) is 9.12. The summed E-state index contributed by atoms with van der Waals surface area (Å²) in [7, 11) is 1.38. The monoisotopic (exact) mass is 444 g/mol. The Bertz CT molecular complexity index is 810. The van der Waals surface area contributed by atoms with Crippen LogP contribution in [-0.2, 0) is 16.1 Å². The molecule has 0 unspecified atom stereocenters. The highest BCUT2D eigenvalue weighted by molar-refractivity contribution is 9.10. The second-order valence-electron chi connectivity index (χ2n) is 5.63. The Labute approximate surface area is 164 Å². The number of hydrogen-bond donors (Lipinski definition) is 0. The zero-order valence-corrected chi connectivity index (χ0v) is 16.5. The van der Waals surface area contributed by atoms with Crippen molar-refractivity contribution in [1.82, 2.24) is 0 Å². The van der Waals surface area contributed by atoms with Crippen LogP contribution in [-0.4, -0.2) is 19.7 Å². The second kappa shape index (κ2) is 7.85. The molecule has 7 heteroatoms. The standard InChI is InChI=1S/C18H15BrCl2O4/c1-23-18(22)4-11-9-24-16-7-17(14(19)6-13(11)16)25-8-10-2-3-12(20)5-15(10)21/h2-3,5-7,11H,4,8-9H2,1H3/t11-/m1/s1. The Morgan fingerprint density at radius 2 is 2.12 bits per heavy atom. The summed E-state index contributed by atoms with van der Waals surface area (Å²) in [5.41, 5.74) is 1.80. The number of rotatable bonds is 5. The molecule has 1 heterocycles. The number of carbonyl (C=O) groups excluding carboxylic acids is 1. The largest absolute Gasteiger partial charge is 0.492 e. The zero-order chi connectivity index (χ0) is 18.0. The van der Waals surface area contributed by atoms with Gasteiger partial charge in [-0.05, 0) is 34.1 Å². The van der Waals surface area contributed by atoms with Crippen LogP contribution in [0.15, 0.2) is 34.8 Å². The predicted molar refractivity (Wildman–Crippen MR) is 99.8 cm³/mol.